The number of carbonyl (C=O) groups is 1. The van der Waals surface area contributed by atoms with E-state index in [2.05, 4.69) is 25.0 Å². The van der Waals surface area contributed by atoms with E-state index in [4.69, 9.17) is 0 Å². The van der Waals surface area contributed by atoms with Crippen LogP contribution in [0.3, 0.4) is 0 Å². The molecule has 3 aromatic heterocycles. The number of amides is 1. The Hall–Kier alpha value is -2.89. The molecule has 1 aromatic carbocycles. The Labute approximate surface area is 174 Å². The van der Waals surface area contributed by atoms with Crippen LogP contribution in [0.25, 0.3) is 20.9 Å². The second-order valence-corrected chi connectivity index (χ2v) is 9.96. The number of sulfonamides is 1. The largest absolute Gasteiger partial charge is 0.302 e. The number of fused-ring (bicyclic) bond motifs is 1. The zero-order valence-electron chi connectivity index (χ0n) is 15.3. The van der Waals surface area contributed by atoms with Gasteiger partial charge in [0.1, 0.15) is 15.4 Å². The van der Waals surface area contributed by atoms with Crippen LogP contribution in [0.1, 0.15) is 12.6 Å². The summed E-state index contributed by atoms with van der Waals surface area (Å²) >= 11 is 2.34. The second kappa shape index (κ2) is 7.50. The maximum absolute atomic E-state index is 12.8. The molecule has 4 rings (SSSR count). The van der Waals surface area contributed by atoms with Crippen molar-refractivity contribution in [2.24, 2.45) is 0 Å². The van der Waals surface area contributed by atoms with E-state index < -0.39 is 10.0 Å². The number of rotatable bonds is 5. The van der Waals surface area contributed by atoms with E-state index >= 15 is 0 Å². The molecule has 0 radical (unpaired) electrons. The molecule has 0 spiro atoms. The number of pyridine rings is 1. The Balaban J connectivity index is 1.63. The number of hydrogen-bond donors (Lipinski definition) is 2. The van der Waals surface area contributed by atoms with E-state index in [1.54, 1.807) is 31.3 Å². The van der Waals surface area contributed by atoms with Gasteiger partial charge in [-0.1, -0.05) is 34.8 Å². The maximum Gasteiger partial charge on any atom is 0.273 e. The quantitative estimate of drug-likeness (QED) is 0.482. The highest BCUT2D eigenvalue weighted by Crippen LogP contribution is 2.32. The summed E-state index contributed by atoms with van der Waals surface area (Å²) in [5.41, 5.74) is 2.31. The highest BCUT2D eigenvalue weighted by Gasteiger charge is 2.22. The van der Waals surface area contributed by atoms with Crippen molar-refractivity contribution >= 4 is 59.8 Å². The van der Waals surface area contributed by atoms with Crippen molar-refractivity contribution in [3.63, 3.8) is 0 Å². The zero-order chi connectivity index (χ0) is 20.6. The molecule has 0 bridgehead atoms. The highest BCUT2D eigenvalue weighted by atomic mass is 32.2. The summed E-state index contributed by atoms with van der Waals surface area (Å²) in [7, 11) is -3.86. The summed E-state index contributed by atoms with van der Waals surface area (Å²) < 4.78 is 28.3. The summed E-state index contributed by atoms with van der Waals surface area (Å²) in [6.07, 6.45) is 1.71. The number of hydrogen-bond acceptors (Lipinski definition) is 8. The number of nitrogens with zero attached hydrogens (tertiary/aromatic N) is 3. The van der Waals surface area contributed by atoms with Gasteiger partial charge >= 0.3 is 0 Å². The summed E-state index contributed by atoms with van der Waals surface area (Å²) in [6.45, 7) is 2.92. The van der Waals surface area contributed by atoms with Crippen LogP contribution in [0, 0.1) is 6.92 Å². The fourth-order valence-electron chi connectivity index (χ4n) is 2.65. The molecule has 8 nitrogen and oxygen atoms in total. The Morgan fingerprint density at radius 1 is 1.10 bits per heavy atom. The molecule has 2 N–H and O–H groups in total. The molecule has 0 saturated carbocycles. The lowest BCUT2D eigenvalue weighted by molar-refractivity contribution is -0.114. The van der Waals surface area contributed by atoms with Gasteiger partial charge in [-0.3, -0.25) is 9.52 Å². The van der Waals surface area contributed by atoms with Gasteiger partial charge in [-0.05, 0) is 31.2 Å². The number of nitrogens with one attached hydrogen (secondary N) is 2. The molecule has 0 atom stereocenters. The third-order valence-corrected chi connectivity index (χ3v) is 7.90. The van der Waals surface area contributed by atoms with Crippen molar-refractivity contribution in [1.29, 1.82) is 0 Å². The van der Waals surface area contributed by atoms with E-state index in [1.807, 2.05) is 18.2 Å². The average Bonchev–Trinajstić information content (AvgIpc) is 3.25. The van der Waals surface area contributed by atoms with Crippen molar-refractivity contribution < 1.29 is 13.2 Å². The van der Waals surface area contributed by atoms with Crippen molar-refractivity contribution in [1.82, 2.24) is 15.0 Å². The predicted octanol–water partition coefficient (Wildman–Crippen LogP) is 3.88. The Bertz CT molecular complexity index is 1290. The number of benzene rings is 1. The molecule has 0 aliphatic carbocycles. The van der Waals surface area contributed by atoms with Crippen molar-refractivity contribution in [2.75, 3.05) is 10.0 Å². The van der Waals surface area contributed by atoms with Gasteiger partial charge in [0.2, 0.25) is 5.91 Å². The fourth-order valence-corrected chi connectivity index (χ4v) is 6.06. The van der Waals surface area contributed by atoms with Gasteiger partial charge in [-0.25, -0.2) is 23.4 Å². The number of carbonyl (C=O) groups excluding carboxylic acids is 1. The predicted molar refractivity (Wildman–Crippen MR) is 115 cm³/mol. The van der Waals surface area contributed by atoms with E-state index in [1.165, 1.54) is 18.3 Å². The lowest BCUT2D eigenvalue weighted by atomic mass is 10.2. The molecule has 0 fully saturated rings. The highest BCUT2D eigenvalue weighted by molar-refractivity contribution is 7.94. The van der Waals surface area contributed by atoms with Gasteiger partial charge in [0.25, 0.3) is 10.0 Å². The minimum atomic E-state index is -3.86. The normalized spacial score (nSPS) is 11.5. The van der Waals surface area contributed by atoms with Gasteiger partial charge in [0.05, 0.1) is 5.69 Å². The van der Waals surface area contributed by atoms with Crippen LogP contribution in [-0.4, -0.2) is 29.3 Å². The molecule has 11 heteroatoms. The first-order valence-electron chi connectivity index (χ1n) is 8.42. The van der Waals surface area contributed by atoms with Gasteiger partial charge in [-0.2, -0.15) is 0 Å². The third-order valence-electron chi connectivity index (χ3n) is 3.81. The molecular formula is C18H15N5O3S3. The third kappa shape index (κ3) is 4.11. The lowest BCUT2D eigenvalue weighted by Crippen LogP contribution is -2.12. The minimum Gasteiger partial charge on any atom is -0.302 e. The van der Waals surface area contributed by atoms with Crippen LogP contribution in [-0.2, 0) is 14.8 Å². The summed E-state index contributed by atoms with van der Waals surface area (Å²) in [5, 5.41) is 3.50. The van der Waals surface area contributed by atoms with Gasteiger partial charge in [0.15, 0.2) is 9.34 Å². The Morgan fingerprint density at radius 2 is 1.93 bits per heavy atom. The topological polar surface area (TPSA) is 114 Å². The van der Waals surface area contributed by atoms with Crippen molar-refractivity contribution in [3.05, 3.63) is 48.3 Å². The molecule has 1 amide bonds. The zero-order valence-corrected chi connectivity index (χ0v) is 17.8. The van der Waals surface area contributed by atoms with Crippen LogP contribution >= 0.6 is 22.7 Å². The SMILES string of the molecule is CC(=O)Nc1nc(C)c(S(=O)(=O)Nc2cccc(-c3nc4cccnc4s3)c2)s1. The van der Waals surface area contributed by atoms with Crippen molar-refractivity contribution in [2.45, 2.75) is 18.1 Å². The standard InChI is InChI=1S/C18H15N5O3S3/c1-10-17(28-18(20-10)21-11(2)24)29(25,26)23-13-6-3-5-12(9-13)15-22-14-7-4-8-19-16(14)27-15/h3-9,23H,1-2H3,(H,20,21,24). The molecule has 3 heterocycles. The monoisotopic (exact) mass is 445 g/mol. The molecule has 0 aliphatic heterocycles. The molecule has 29 heavy (non-hydrogen) atoms. The molecular weight excluding hydrogens is 430 g/mol. The molecule has 148 valence electrons. The number of aryl methyl sites for hydroxylation is 1. The number of aromatic nitrogens is 3. The van der Waals surface area contributed by atoms with Crippen LogP contribution in [0.2, 0.25) is 0 Å². The minimum absolute atomic E-state index is 0.0517. The van der Waals surface area contributed by atoms with E-state index in [-0.39, 0.29) is 15.2 Å². The van der Waals surface area contributed by atoms with E-state index in [0.717, 1.165) is 32.3 Å². The summed E-state index contributed by atoms with van der Waals surface area (Å²) in [5.74, 6) is -0.311. The van der Waals surface area contributed by atoms with Gasteiger partial charge < -0.3 is 5.32 Å². The number of thiazole rings is 2. The van der Waals surface area contributed by atoms with Crippen LogP contribution in [0.15, 0.2) is 46.8 Å². The first kappa shape index (κ1) is 19.4. The second-order valence-electron chi connectivity index (χ2n) is 6.11. The van der Waals surface area contributed by atoms with Gasteiger partial charge in [0, 0.05) is 24.4 Å². The number of anilines is 2. The molecule has 0 aliphatic rings. The first-order valence-corrected chi connectivity index (χ1v) is 11.5. The van der Waals surface area contributed by atoms with E-state index in [0.29, 0.717) is 11.4 Å². The summed E-state index contributed by atoms with van der Waals surface area (Å²) in [6, 6.07) is 10.7. The molecule has 0 saturated heterocycles. The molecule has 4 aromatic rings. The summed E-state index contributed by atoms with van der Waals surface area (Å²) in [4.78, 5) is 25.0. The fraction of sp³-hybridized carbons (Fsp3) is 0.111. The van der Waals surface area contributed by atoms with Crippen LogP contribution < -0.4 is 10.0 Å². The van der Waals surface area contributed by atoms with Gasteiger partial charge in [-0.15, -0.1) is 0 Å². The average molecular weight is 446 g/mol. The van der Waals surface area contributed by atoms with Crippen LogP contribution in [0.5, 0.6) is 0 Å². The van der Waals surface area contributed by atoms with E-state index in [9.17, 15) is 13.2 Å². The Kier molecular flexibility index (Phi) is 5.03. The molecule has 0 unspecified atom stereocenters. The van der Waals surface area contributed by atoms with Crippen LogP contribution in [0.4, 0.5) is 10.8 Å². The maximum atomic E-state index is 12.8. The lowest BCUT2D eigenvalue weighted by Gasteiger charge is -2.07. The first-order chi connectivity index (χ1) is 13.8. The Morgan fingerprint density at radius 3 is 2.69 bits per heavy atom. The smallest absolute Gasteiger partial charge is 0.273 e. The van der Waals surface area contributed by atoms with Crippen molar-refractivity contribution in [3.8, 4) is 10.6 Å².